The van der Waals surface area contributed by atoms with Gasteiger partial charge in [-0.25, -0.2) is 4.68 Å². The molecule has 0 bridgehead atoms. The molecule has 0 aliphatic carbocycles. The summed E-state index contributed by atoms with van der Waals surface area (Å²) in [6.07, 6.45) is 3.29. The molecule has 0 saturated heterocycles. The van der Waals surface area contributed by atoms with Gasteiger partial charge in [-0.15, -0.1) is 0 Å². The molecule has 4 heteroatoms. The van der Waals surface area contributed by atoms with Crippen LogP contribution in [-0.2, 0) is 6.61 Å². The number of aliphatic hydroxyl groups is 1. The van der Waals surface area contributed by atoms with Crippen molar-refractivity contribution in [3.05, 3.63) is 42.2 Å². The average Bonchev–Trinajstić information content (AvgIpc) is 2.65. The van der Waals surface area contributed by atoms with Gasteiger partial charge in [-0.2, -0.15) is 5.10 Å². The molecule has 0 radical (unpaired) electrons. The molecule has 72 valence electrons. The van der Waals surface area contributed by atoms with E-state index < -0.39 is 0 Å². The fourth-order valence-electron chi connectivity index (χ4n) is 1.34. The van der Waals surface area contributed by atoms with Gasteiger partial charge in [-0.3, -0.25) is 0 Å². The Bertz CT molecular complexity index is 436. The largest absolute Gasteiger partial charge is 0.396 e. The number of nitrogens with two attached hydrogens (primary N) is 1. The number of para-hydroxylation sites is 1. The van der Waals surface area contributed by atoms with Crippen molar-refractivity contribution in [1.29, 1.82) is 0 Å². The topological polar surface area (TPSA) is 64.1 Å². The zero-order valence-corrected chi connectivity index (χ0v) is 7.59. The highest BCUT2D eigenvalue weighted by Crippen LogP contribution is 2.14. The number of nitrogens with zero attached hydrogens (tertiary/aromatic N) is 2. The van der Waals surface area contributed by atoms with Gasteiger partial charge in [0.2, 0.25) is 0 Å². The van der Waals surface area contributed by atoms with Crippen LogP contribution in [0.5, 0.6) is 0 Å². The molecule has 0 saturated carbocycles. The van der Waals surface area contributed by atoms with E-state index in [4.69, 9.17) is 10.8 Å². The summed E-state index contributed by atoms with van der Waals surface area (Å²) in [4.78, 5) is 0. The molecule has 0 unspecified atom stereocenters. The monoisotopic (exact) mass is 189 g/mol. The molecule has 1 aromatic heterocycles. The van der Waals surface area contributed by atoms with Crippen LogP contribution < -0.4 is 5.73 Å². The maximum absolute atomic E-state index is 9.11. The molecular formula is C10H11N3O. The number of hydrogen-bond donors (Lipinski definition) is 2. The number of anilines is 1. The van der Waals surface area contributed by atoms with Crippen LogP contribution in [0, 0.1) is 0 Å². The summed E-state index contributed by atoms with van der Waals surface area (Å²) in [7, 11) is 0. The molecule has 14 heavy (non-hydrogen) atoms. The van der Waals surface area contributed by atoms with Crippen molar-refractivity contribution in [2.45, 2.75) is 6.61 Å². The maximum atomic E-state index is 9.11. The zero-order chi connectivity index (χ0) is 9.97. The van der Waals surface area contributed by atoms with Gasteiger partial charge >= 0.3 is 0 Å². The lowest BCUT2D eigenvalue weighted by atomic mass is 10.2. The lowest BCUT2D eigenvalue weighted by Gasteiger charge is -2.05. The smallest absolute Gasteiger partial charge is 0.0724 e. The number of hydrogen-bond acceptors (Lipinski definition) is 3. The second-order valence-corrected chi connectivity index (χ2v) is 3.01. The average molecular weight is 189 g/mol. The van der Waals surface area contributed by atoms with Crippen molar-refractivity contribution in [2.75, 3.05) is 5.73 Å². The van der Waals surface area contributed by atoms with Crippen LogP contribution >= 0.6 is 0 Å². The van der Waals surface area contributed by atoms with E-state index in [9.17, 15) is 0 Å². The highest BCUT2D eigenvalue weighted by molar-refractivity contribution is 5.43. The fraction of sp³-hybridized carbons (Fsp3) is 0.100. The second-order valence-electron chi connectivity index (χ2n) is 3.01. The van der Waals surface area contributed by atoms with Crippen LogP contribution in [0.15, 0.2) is 36.7 Å². The second kappa shape index (κ2) is 3.51. The van der Waals surface area contributed by atoms with Crippen molar-refractivity contribution in [2.24, 2.45) is 0 Å². The summed E-state index contributed by atoms with van der Waals surface area (Å²) >= 11 is 0. The highest BCUT2D eigenvalue weighted by atomic mass is 16.3. The normalized spacial score (nSPS) is 10.4. The molecule has 0 spiro atoms. The van der Waals surface area contributed by atoms with Crippen molar-refractivity contribution in [1.82, 2.24) is 9.78 Å². The van der Waals surface area contributed by atoms with E-state index in [1.807, 2.05) is 24.3 Å². The molecule has 1 heterocycles. The van der Waals surface area contributed by atoms with Crippen molar-refractivity contribution < 1.29 is 5.11 Å². The van der Waals surface area contributed by atoms with Crippen LogP contribution in [0.4, 0.5) is 5.69 Å². The van der Waals surface area contributed by atoms with Gasteiger partial charge < -0.3 is 10.8 Å². The Labute approximate surface area is 81.6 Å². The van der Waals surface area contributed by atoms with Gasteiger partial charge in [-0.1, -0.05) is 18.2 Å². The van der Waals surface area contributed by atoms with Gasteiger partial charge in [0.15, 0.2) is 0 Å². The van der Waals surface area contributed by atoms with Crippen LogP contribution in [0.3, 0.4) is 0 Å². The van der Waals surface area contributed by atoms with Crippen molar-refractivity contribution in [3.8, 4) is 5.69 Å². The van der Waals surface area contributed by atoms with E-state index in [1.54, 1.807) is 17.1 Å². The molecule has 1 aromatic carbocycles. The minimum Gasteiger partial charge on any atom is -0.396 e. The Balaban J connectivity index is 2.50. The molecule has 0 aliphatic rings. The van der Waals surface area contributed by atoms with Crippen molar-refractivity contribution in [3.63, 3.8) is 0 Å². The summed E-state index contributed by atoms with van der Waals surface area (Å²) in [6.45, 7) is -0.00403. The standard InChI is InChI=1S/C10H11N3O/c11-9-5-12-13(6-9)10-4-2-1-3-8(10)7-14/h1-6,14H,7,11H2. The van der Waals surface area contributed by atoms with Crippen molar-refractivity contribution >= 4 is 5.69 Å². The Kier molecular flexibility index (Phi) is 2.20. The van der Waals surface area contributed by atoms with Gasteiger partial charge in [-0.05, 0) is 6.07 Å². The van der Waals surface area contributed by atoms with Crippen LogP contribution in [0.2, 0.25) is 0 Å². The van der Waals surface area contributed by atoms with Gasteiger partial charge in [0.05, 0.1) is 30.4 Å². The number of rotatable bonds is 2. The van der Waals surface area contributed by atoms with E-state index in [2.05, 4.69) is 5.10 Å². The first-order chi connectivity index (χ1) is 6.81. The molecule has 2 rings (SSSR count). The van der Waals surface area contributed by atoms with E-state index in [0.717, 1.165) is 11.3 Å². The third-order valence-corrected chi connectivity index (χ3v) is 2.01. The molecule has 0 atom stereocenters. The Morgan fingerprint density at radius 3 is 2.79 bits per heavy atom. The molecule has 0 amide bonds. The van der Waals surface area contributed by atoms with Crippen LogP contribution in [0.1, 0.15) is 5.56 Å². The summed E-state index contributed by atoms with van der Waals surface area (Å²) in [6, 6.07) is 7.51. The Morgan fingerprint density at radius 1 is 1.36 bits per heavy atom. The minimum absolute atomic E-state index is 0.00403. The van der Waals surface area contributed by atoms with Gasteiger partial charge in [0.25, 0.3) is 0 Å². The molecule has 2 aromatic rings. The van der Waals surface area contributed by atoms with E-state index >= 15 is 0 Å². The summed E-state index contributed by atoms with van der Waals surface area (Å²) in [5, 5.41) is 13.2. The third-order valence-electron chi connectivity index (χ3n) is 2.01. The fourth-order valence-corrected chi connectivity index (χ4v) is 1.34. The first kappa shape index (κ1) is 8.77. The third kappa shape index (κ3) is 1.47. The Hall–Kier alpha value is -1.81. The molecule has 0 fully saturated rings. The molecule has 3 N–H and O–H groups in total. The minimum atomic E-state index is -0.00403. The highest BCUT2D eigenvalue weighted by Gasteiger charge is 2.03. The quantitative estimate of drug-likeness (QED) is 0.739. The van der Waals surface area contributed by atoms with Gasteiger partial charge in [0.1, 0.15) is 0 Å². The summed E-state index contributed by atoms with van der Waals surface area (Å²) in [5.41, 5.74) is 7.85. The van der Waals surface area contributed by atoms with E-state index in [-0.39, 0.29) is 6.61 Å². The Morgan fingerprint density at radius 2 is 2.14 bits per heavy atom. The zero-order valence-electron chi connectivity index (χ0n) is 7.59. The molecular weight excluding hydrogens is 178 g/mol. The predicted molar refractivity (Wildman–Crippen MR) is 53.9 cm³/mol. The van der Waals surface area contributed by atoms with Gasteiger partial charge in [0, 0.05) is 5.56 Å². The first-order valence-electron chi connectivity index (χ1n) is 4.30. The number of benzene rings is 1. The van der Waals surface area contributed by atoms with E-state index in [1.165, 1.54) is 0 Å². The molecule has 0 aliphatic heterocycles. The lowest BCUT2D eigenvalue weighted by molar-refractivity contribution is 0.281. The first-order valence-corrected chi connectivity index (χ1v) is 4.30. The van der Waals surface area contributed by atoms with Crippen LogP contribution in [-0.4, -0.2) is 14.9 Å². The summed E-state index contributed by atoms with van der Waals surface area (Å²) in [5.74, 6) is 0. The predicted octanol–water partition coefficient (Wildman–Crippen LogP) is 0.947. The number of aliphatic hydroxyl groups excluding tert-OH is 1. The lowest BCUT2D eigenvalue weighted by Crippen LogP contribution is -1.99. The molecule has 4 nitrogen and oxygen atoms in total. The number of aromatic nitrogens is 2. The SMILES string of the molecule is Nc1cnn(-c2ccccc2CO)c1. The van der Waals surface area contributed by atoms with E-state index in [0.29, 0.717) is 5.69 Å². The summed E-state index contributed by atoms with van der Waals surface area (Å²) < 4.78 is 1.65. The number of nitrogen functional groups attached to an aromatic ring is 1. The van der Waals surface area contributed by atoms with Crippen LogP contribution in [0.25, 0.3) is 5.69 Å². The maximum Gasteiger partial charge on any atom is 0.0724 e.